The maximum absolute atomic E-state index is 14.7. The summed E-state index contributed by atoms with van der Waals surface area (Å²) < 4.78 is 47.7. The fourth-order valence-electron chi connectivity index (χ4n) is 6.09. The van der Waals surface area contributed by atoms with Crippen LogP contribution in [-0.4, -0.2) is 83.7 Å². The summed E-state index contributed by atoms with van der Waals surface area (Å²) in [6.45, 7) is 17.3. The SMILES string of the molecule is COc1ccc(C2(C(=O)N(C)[C@@H](C(=O)Nc3ccc4c(cnn4C(=O)OC(C)(C)C)n3)[C@@H](C)O[Si](C)(C)C(C)(C)C)CCC(F)(F)CC2)cc1. The lowest BCUT2D eigenvalue weighted by molar-refractivity contribution is -0.149. The van der Waals surface area contributed by atoms with Crippen LogP contribution in [0.15, 0.2) is 42.6 Å². The van der Waals surface area contributed by atoms with Crippen molar-refractivity contribution in [2.45, 2.75) is 121 Å². The number of nitrogens with one attached hydrogen (secondary N) is 1. The molecule has 1 saturated carbocycles. The Morgan fingerprint density at radius 3 is 2.12 bits per heavy atom. The summed E-state index contributed by atoms with van der Waals surface area (Å²) in [6, 6.07) is 8.84. The zero-order valence-electron chi connectivity index (χ0n) is 31.0. The summed E-state index contributed by atoms with van der Waals surface area (Å²) in [5.74, 6) is -3.18. The third-order valence-electron chi connectivity index (χ3n) is 9.87. The second kappa shape index (κ2) is 14.0. The third-order valence-corrected chi connectivity index (χ3v) is 14.4. The number of carbonyl (C=O) groups excluding carboxylic acids is 3. The first-order valence-electron chi connectivity index (χ1n) is 16.9. The molecule has 1 aliphatic carbocycles. The van der Waals surface area contributed by atoms with E-state index in [2.05, 4.69) is 49.3 Å². The van der Waals surface area contributed by atoms with Crippen LogP contribution < -0.4 is 10.1 Å². The van der Waals surface area contributed by atoms with E-state index < -0.39 is 68.2 Å². The second-order valence-corrected chi connectivity index (χ2v) is 20.5. The van der Waals surface area contributed by atoms with Crippen molar-refractivity contribution in [3.05, 3.63) is 48.2 Å². The van der Waals surface area contributed by atoms with E-state index in [0.29, 0.717) is 22.3 Å². The summed E-state index contributed by atoms with van der Waals surface area (Å²) in [7, 11) is 0.587. The lowest BCUT2D eigenvalue weighted by Crippen LogP contribution is -2.59. The molecular formula is C36H51F2N5O6Si. The molecule has 0 radical (unpaired) electrons. The van der Waals surface area contributed by atoms with Crippen LogP contribution in [0.1, 0.15) is 79.7 Å². The Morgan fingerprint density at radius 1 is 0.980 bits per heavy atom. The van der Waals surface area contributed by atoms with Gasteiger partial charge in [0.25, 0.3) is 5.91 Å². The third kappa shape index (κ3) is 8.34. The van der Waals surface area contributed by atoms with Crippen molar-refractivity contribution < 1.29 is 37.1 Å². The minimum absolute atomic E-state index is 0.0961. The second-order valence-electron chi connectivity index (χ2n) is 15.7. The van der Waals surface area contributed by atoms with Crippen LogP contribution in [0.3, 0.4) is 0 Å². The summed E-state index contributed by atoms with van der Waals surface area (Å²) in [6.07, 6.45) is -1.18. The Kier molecular flexibility index (Phi) is 10.9. The van der Waals surface area contributed by atoms with Crippen LogP contribution in [0.4, 0.5) is 19.4 Å². The minimum atomic E-state index is -2.90. The van der Waals surface area contributed by atoms with Crippen molar-refractivity contribution in [2.24, 2.45) is 0 Å². The van der Waals surface area contributed by atoms with E-state index in [-0.39, 0.29) is 23.7 Å². The number of fused-ring (bicyclic) bond motifs is 1. The standard InChI is InChI=1S/C36H51F2N5O6Si/c1-23(49-50(10,11)34(5,6)7)29(30(44)41-28-17-16-27-26(40-28)22-39-43(27)32(46)48-33(2,3)4)42(8)31(45)35(18-20-36(37,38)21-19-35)24-12-14-25(47-9)15-13-24/h12-17,22-23,29H,18-21H2,1-11H3,(H,40,41,44)/t23-,29-/m1/s1. The molecule has 11 nitrogen and oxygen atoms in total. The highest BCUT2D eigenvalue weighted by molar-refractivity contribution is 6.74. The van der Waals surface area contributed by atoms with E-state index in [0.717, 1.165) is 4.68 Å². The largest absolute Gasteiger partial charge is 0.497 e. The van der Waals surface area contributed by atoms with Gasteiger partial charge in [0, 0.05) is 19.9 Å². The number of pyridine rings is 1. The fraction of sp³-hybridized carbons (Fsp3) is 0.583. The number of anilines is 1. The molecule has 4 rings (SSSR count). The molecule has 1 N–H and O–H groups in total. The molecule has 274 valence electrons. The molecule has 14 heteroatoms. The van der Waals surface area contributed by atoms with Crippen LogP contribution >= 0.6 is 0 Å². The van der Waals surface area contributed by atoms with Crippen LogP contribution in [0.5, 0.6) is 5.75 Å². The van der Waals surface area contributed by atoms with Gasteiger partial charge in [0.05, 0.1) is 30.3 Å². The van der Waals surface area contributed by atoms with Crippen LogP contribution in [0.25, 0.3) is 11.0 Å². The number of amides is 2. The predicted octanol–water partition coefficient (Wildman–Crippen LogP) is 7.55. The number of ether oxygens (including phenoxy) is 2. The quantitative estimate of drug-likeness (QED) is 0.225. The number of nitrogens with zero attached hydrogens (tertiary/aromatic N) is 4. The molecule has 1 fully saturated rings. The molecular weight excluding hydrogens is 665 g/mol. The first kappa shape index (κ1) is 38.9. The number of benzene rings is 1. The molecule has 0 bridgehead atoms. The van der Waals surface area contributed by atoms with Gasteiger partial charge in [0.15, 0.2) is 8.32 Å². The van der Waals surface area contributed by atoms with Crippen molar-refractivity contribution in [2.75, 3.05) is 19.5 Å². The highest BCUT2D eigenvalue weighted by Gasteiger charge is 2.52. The molecule has 2 amide bonds. The van der Waals surface area contributed by atoms with Gasteiger partial charge in [-0.25, -0.2) is 18.6 Å². The number of hydrogen-bond donors (Lipinski definition) is 1. The lowest BCUT2D eigenvalue weighted by atomic mass is 9.67. The van der Waals surface area contributed by atoms with Crippen LogP contribution in [0.2, 0.25) is 18.1 Å². The monoisotopic (exact) mass is 715 g/mol. The van der Waals surface area contributed by atoms with E-state index >= 15 is 0 Å². The molecule has 1 aliphatic rings. The number of alkyl halides is 2. The molecule has 2 aromatic heterocycles. The topological polar surface area (TPSA) is 125 Å². The van der Waals surface area contributed by atoms with E-state index in [4.69, 9.17) is 13.9 Å². The van der Waals surface area contributed by atoms with Gasteiger partial charge in [0.1, 0.15) is 28.7 Å². The molecule has 0 unspecified atom stereocenters. The number of hydrogen-bond acceptors (Lipinski definition) is 8. The van der Waals surface area contributed by atoms with E-state index in [1.165, 1.54) is 31.3 Å². The molecule has 50 heavy (non-hydrogen) atoms. The van der Waals surface area contributed by atoms with Gasteiger partial charge in [-0.15, -0.1) is 0 Å². The molecule has 0 spiro atoms. The maximum atomic E-state index is 14.7. The zero-order chi connectivity index (χ0) is 37.4. The van der Waals surface area contributed by atoms with Crippen molar-refractivity contribution in [1.82, 2.24) is 19.7 Å². The molecule has 2 heterocycles. The molecule has 3 aromatic rings. The number of aromatic nitrogens is 3. The number of halogens is 2. The summed E-state index contributed by atoms with van der Waals surface area (Å²) in [5, 5.41) is 6.76. The number of methoxy groups -OCH3 is 1. The summed E-state index contributed by atoms with van der Waals surface area (Å²) >= 11 is 0. The Hall–Kier alpha value is -3.91. The van der Waals surface area contributed by atoms with Crippen LogP contribution in [0, 0.1) is 0 Å². The van der Waals surface area contributed by atoms with Crippen molar-refractivity contribution in [1.29, 1.82) is 0 Å². The first-order valence-corrected chi connectivity index (χ1v) is 19.8. The number of rotatable bonds is 9. The predicted molar refractivity (Wildman–Crippen MR) is 190 cm³/mol. The lowest BCUT2D eigenvalue weighted by Gasteiger charge is -2.45. The van der Waals surface area contributed by atoms with Gasteiger partial charge >= 0.3 is 6.09 Å². The van der Waals surface area contributed by atoms with E-state index in [1.807, 2.05) is 0 Å². The zero-order valence-corrected chi connectivity index (χ0v) is 32.0. The van der Waals surface area contributed by atoms with Gasteiger partial charge in [0.2, 0.25) is 11.8 Å². The van der Waals surface area contributed by atoms with Gasteiger partial charge in [-0.05, 0) is 88.5 Å². The highest BCUT2D eigenvalue weighted by atomic mass is 28.4. The fourth-order valence-corrected chi connectivity index (χ4v) is 7.50. The smallest absolute Gasteiger partial charge is 0.435 e. The summed E-state index contributed by atoms with van der Waals surface area (Å²) in [5.41, 5.74) is -0.737. The normalized spacial score (nSPS) is 17.5. The van der Waals surface area contributed by atoms with Crippen molar-refractivity contribution in [3.63, 3.8) is 0 Å². The highest BCUT2D eigenvalue weighted by Crippen LogP contribution is 2.47. The van der Waals surface area contributed by atoms with E-state index in [1.54, 1.807) is 58.0 Å². The maximum Gasteiger partial charge on any atom is 0.435 e. The Labute approximate surface area is 294 Å². The molecule has 1 aromatic carbocycles. The molecule has 0 saturated heterocycles. The number of carbonyl (C=O) groups is 3. The Bertz CT molecular complexity index is 1700. The molecule has 0 aliphatic heterocycles. The first-order chi connectivity index (χ1) is 23.0. The van der Waals surface area contributed by atoms with Crippen LogP contribution in [-0.2, 0) is 24.2 Å². The number of likely N-dealkylation sites (N-methyl/N-ethyl adjacent to an activating group) is 1. The summed E-state index contributed by atoms with van der Waals surface area (Å²) in [4.78, 5) is 47.6. The van der Waals surface area contributed by atoms with Crippen molar-refractivity contribution in [3.8, 4) is 5.75 Å². The Balaban J connectivity index is 1.71. The minimum Gasteiger partial charge on any atom is -0.497 e. The Morgan fingerprint density at radius 2 is 1.58 bits per heavy atom. The average molecular weight is 716 g/mol. The van der Waals surface area contributed by atoms with Gasteiger partial charge < -0.3 is 24.1 Å². The van der Waals surface area contributed by atoms with Crippen molar-refractivity contribution >= 4 is 43.1 Å². The van der Waals surface area contributed by atoms with Gasteiger partial charge in [-0.1, -0.05) is 32.9 Å². The average Bonchev–Trinajstić information content (AvgIpc) is 3.43. The van der Waals surface area contributed by atoms with E-state index in [9.17, 15) is 23.2 Å². The van der Waals surface area contributed by atoms with Gasteiger partial charge in [-0.3, -0.25) is 9.59 Å². The molecule has 2 atom stereocenters. The van der Waals surface area contributed by atoms with Gasteiger partial charge in [-0.2, -0.15) is 9.78 Å².